The number of rotatable bonds is 10. The molecule has 0 aromatic heterocycles. The van der Waals surface area contributed by atoms with Crippen molar-refractivity contribution < 1.29 is 4.74 Å². The van der Waals surface area contributed by atoms with Crippen molar-refractivity contribution in [3.63, 3.8) is 0 Å². The van der Waals surface area contributed by atoms with E-state index in [4.69, 9.17) is 4.74 Å². The highest BCUT2D eigenvalue weighted by molar-refractivity contribution is 8.02. The Kier molecular flexibility index (Phi) is 9.42. The second kappa shape index (κ2) is 14.7. The van der Waals surface area contributed by atoms with Crippen molar-refractivity contribution in [3.8, 4) is 11.5 Å². The van der Waals surface area contributed by atoms with Crippen LogP contribution in [0.5, 0.6) is 11.5 Å². The predicted molar refractivity (Wildman–Crippen MR) is 223 cm³/mol. The minimum absolute atomic E-state index is 0.863. The molecule has 0 fully saturated rings. The summed E-state index contributed by atoms with van der Waals surface area (Å²) < 4.78 is 7.44. The van der Waals surface area contributed by atoms with Gasteiger partial charge in [-0.2, -0.15) is 0 Å². The molecule has 8 aromatic rings. The molecule has 1 nitrogen and oxygen atoms in total. The first-order chi connectivity index (χ1) is 25.3. The van der Waals surface area contributed by atoms with Crippen LogP contribution in [0, 0.1) is 0 Å². The minimum atomic E-state index is -2.43. The van der Waals surface area contributed by atoms with Gasteiger partial charge in [0.05, 0.1) is 0 Å². The average molecular weight is 693 g/mol. The van der Waals surface area contributed by atoms with Crippen molar-refractivity contribution in [2.45, 2.75) is 0 Å². The number of para-hydroxylation sites is 2. The largest absolute Gasteiger partial charge is 0.449 e. The summed E-state index contributed by atoms with van der Waals surface area (Å²) in [6.45, 7) is 0. The summed E-state index contributed by atoms with van der Waals surface area (Å²) in [6.07, 6.45) is 0. The molecule has 0 bridgehead atoms. The first-order valence-electron chi connectivity index (χ1n) is 17.3. The van der Waals surface area contributed by atoms with E-state index in [1.54, 1.807) is 0 Å². The average Bonchev–Trinajstić information content (AvgIpc) is 3.22. The van der Waals surface area contributed by atoms with Crippen molar-refractivity contribution in [2.24, 2.45) is 0 Å². The van der Waals surface area contributed by atoms with Crippen LogP contribution in [0.15, 0.2) is 231 Å². The van der Waals surface area contributed by atoms with Gasteiger partial charge in [0.15, 0.2) is 22.1 Å². The summed E-state index contributed by atoms with van der Waals surface area (Å²) in [6, 6.07) is 83.4. The maximum absolute atomic E-state index is 7.44. The first-order valence-corrected chi connectivity index (χ1v) is 20.9. The molecule has 0 radical (unpaired) electrons. The van der Waals surface area contributed by atoms with Gasteiger partial charge in [0.2, 0.25) is 0 Å². The van der Waals surface area contributed by atoms with Gasteiger partial charge in [-0.15, -0.1) is 0 Å². The minimum Gasteiger partial charge on any atom is -0.449 e. The third-order valence-electron chi connectivity index (χ3n) is 9.53. The van der Waals surface area contributed by atoms with E-state index in [9.17, 15) is 0 Å². The summed E-state index contributed by atoms with van der Waals surface area (Å²) in [5, 5.41) is 10.1. The molecule has 0 atom stereocenters. The Labute approximate surface area is 302 Å². The van der Waals surface area contributed by atoms with Crippen LogP contribution in [0.3, 0.4) is 0 Å². The van der Waals surface area contributed by atoms with E-state index < -0.39 is 14.5 Å². The van der Waals surface area contributed by atoms with Crippen LogP contribution < -0.4 is 47.2 Å². The van der Waals surface area contributed by atoms with E-state index in [0.29, 0.717) is 0 Å². The Morgan fingerprint density at radius 3 is 0.647 bits per heavy atom. The van der Waals surface area contributed by atoms with Gasteiger partial charge in [-0.1, -0.05) is 133 Å². The van der Waals surface area contributed by atoms with Crippen molar-refractivity contribution >= 4 is 57.0 Å². The Morgan fingerprint density at radius 1 is 0.216 bits per heavy atom. The second-order valence-electron chi connectivity index (χ2n) is 12.4. The number of ether oxygens (including phenoxy) is 1. The fourth-order valence-electron chi connectivity index (χ4n) is 7.40. The lowest BCUT2D eigenvalue weighted by Gasteiger charge is -2.30. The number of hydrogen-bond acceptors (Lipinski definition) is 1. The molecule has 8 aromatic carbocycles. The summed E-state index contributed by atoms with van der Waals surface area (Å²) in [5.41, 5.74) is 0. The predicted octanol–water partition coefficient (Wildman–Crippen LogP) is 8.72. The van der Waals surface area contributed by atoms with Crippen LogP contribution in [-0.2, 0) is 0 Å². The lowest BCUT2D eigenvalue weighted by molar-refractivity contribution is 0.490. The molecule has 244 valence electrons. The highest BCUT2D eigenvalue weighted by Crippen LogP contribution is 2.58. The summed E-state index contributed by atoms with van der Waals surface area (Å²) >= 11 is 0. The van der Waals surface area contributed by atoms with E-state index in [1.165, 1.54) is 42.4 Å². The highest BCUT2D eigenvalue weighted by atomic mass is 31.2. The monoisotopic (exact) mass is 692 g/mol. The molecule has 0 aliphatic rings. The molecule has 0 saturated carbocycles. The molecule has 0 amide bonds. The summed E-state index contributed by atoms with van der Waals surface area (Å²) in [5.74, 6) is 1.73. The smallest absolute Gasteiger partial charge is 0.170 e. The molecule has 0 heterocycles. The standard InChI is InChI=1S/C48H38OP2/c1-7-23-39(24-8-1)50(40-25-9-2-10-26-40,41-27-11-3-12-28-41)47-37-21-19-35-45(47)49-46-36-20-22-38-48(46)51(42-29-13-4-14-30-42,43-31-15-5-16-32-43)44-33-17-6-18-34-44/h1-38H/q+2. The SMILES string of the molecule is c1ccc([P+](c2ccccc2)(c2ccccc2)c2ccccc2Oc2ccccc2[P+](c2ccccc2)(c2ccccc2)c2ccccc2)cc1. The topological polar surface area (TPSA) is 9.23 Å². The van der Waals surface area contributed by atoms with Gasteiger partial charge in [0, 0.05) is 0 Å². The molecule has 0 aliphatic carbocycles. The van der Waals surface area contributed by atoms with Crippen LogP contribution in [0.1, 0.15) is 0 Å². The number of hydrogen-bond donors (Lipinski definition) is 0. The van der Waals surface area contributed by atoms with Gasteiger partial charge in [-0.3, -0.25) is 0 Å². The molecule has 0 aliphatic heterocycles. The molecule has 3 heteroatoms. The zero-order chi connectivity index (χ0) is 34.4. The third-order valence-corrected chi connectivity index (χ3v) is 18.2. The number of benzene rings is 8. The van der Waals surface area contributed by atoms with Crippen LogP contribution >= 0.6 is 14.5 Å². The molecular weight excluding hydrogens is 654 g/mol. The zero-order valence-corrected chi connectivity index (χ0v) is 30.0. The van der Waals surface area contributed by atoms with Crippen LogP contribution in [0.2, 0.25) is 0 Å². The van der Waals surface area contributed by atoms with Crippen LogP contribution in [0.4, 0.5) is 0 Å². The van der Waals surface area contributed by atoms with Gasteiger partial charge in [-0.05, 0) is 97.1 Å². The normalized spacial score (nSPS) is 11.5. The van der Waals surface area contributed by atoms with Crippen molar-refractivity contribution in [1.29, 1.82) is 0 Å². The lowest BCUT2D eigenvalue weighted by Crippen LogP contribution is -2.40. The quantitative estimate of drug-likeness (QED) is 0.130. The zero-order valence-electron chi connectivity index (χ0n) is 28.2. The Balaban J connectivity index is 1.41. The molecule has 0 saturated heterocycles. The Bertz CT molecular complexity index is 1950. The van der Waals surface area contributed by atoms with Gasteiger partial charge >= 0.3 is 0 Å². The van der Waals surface area contributed by atoms with Crippen molar-refractivity contribution in [2.75, 3.05) is 0 Å². The maximum Gasteiger partial charge on any atom is 0.170 e. The summed E-state index contributed by atoms with van der Waals surface area (Å²) in [7, 11) is -4.85. The van der Waals surface area contributed by atoms with Crippen LogP contribution in [-0.4, -0.2) is 0 Å². The Hall–Kier alpha value is -5.58. The van der Waals surface area contributed by atoms with Crippen LogP contribution in [0.25, 0.3) is 0 Å². The van der Waals surface area contributed by atoms with Crippen molar-refractivity contribution in [1.82, 2.24) is 0 Å². The first kappa shape index (κ1) is 32.6. The third kappa shape index (κ3) is 5.90. The fourth-order valence-corrected chi connectivity index (χ4v) is 16.1. The molecular formula is C48H38OP2+2. The molecule has 0 N–H and O–H groups in total. The Morgan fingerprint density at radius 2 is 0.412 bits per heavy atom. The molecule has 8 rings (SSSR count). The van der Waals surface area contributed by atoms with Gasteiger partial charge in [0.1, 0.15) is 46.4 Å². The van der Waals surface area contributed by atoms with E-state index >= 15 is 0 Å². The van der Waals surface area contributed by atoms with Crippen molar-refractivity contribution in [3.05, 3.63) is 231 Å². The van der Waals surface area contributed by atoms with E-state index in [1.807, 2.05) is 0 Å². The van der Waals surface area contributed by atoms with Gasteiger partial charge in [-0.25, -0.2) is 0 Å². The summed E-state index contributed by atoms with van der Waals surface area (Å²) in [4.78, 5) is 0. The van der Waals surface area contributed by atoms with E-state index in [0.717, 1.165) is 11.5 Å². The van der Waals surface area contributed by atoms with E-state index in [-0.39, 0.29) is 0 Å². The highest BCUT2D eigenvalue weighted by Gasteiger charge is 2.52. The fraction of sp³-hybridized carbons (Fsp3) is 0. The lowest BCUT2D eigenvalue weighted by atomic mass is 10.3. The molecule has 51 heavy (non-hydrogen) atoms. The molecule has 0 spiro atoms. The van der Waals surface area contributed by atoms with E-state index in [2.05, 4.69) is 231 Å². The molecule has 0 unspecified atom stereocenters. The van der Waals surface area contributed by atoms with Gasteiger partial charge in [0.25, 0.3) is 0 Å². The second-order valence-corrected chi connectivity index (χ2v) is 19.1. The van der Waals surface area contributed by atoms with Gasteiger partial charge < -0.3 is 4.74 Å². The maximum atomic E-state index is 7.44.